The molecule has 1 amide bonds. The Morgan fingerprint density at radius 3 is 2.53 bits per heavy atom. The summed E-state index contributed by atoms with van der Waals surface area (Å²) in [4.78, 5) is 24.7. The maximum Gasteiger partial charge on any atom is 0.411 e. The Morgan fingerprint density at radius 1 is 1.42 bits per heavy atom. The minimum atomic E-state index is -0.992. The molecule has 0 saturated carbocycles. The number of amides is 1. The molecule has 0 aromatic heterocycles. The molecule has 0 radical (unpaired) electrons. The largest absolute Gasteiger partial charge is 0.480 e. The van der Waals surface area contributed by atoms with E-state index in [0.717, 1.165) is 0 Å². The van der Waals surface area contributed by atoms with Gasteiger partial charge in [0.25, 0.3) is 0 Å². The number of hydrogen-bond acceptors (Lipinski definition) is 3. The molecular formula is C14H21NO4. The number of aliphatic carboxylic acids is 1. The van der Waals surface area contributed by atoms with Crippen molar-refractivity contribution in [1.82, 2.24) is 4.90 Å². The fraction of sp³-hybridized carbons (Fsp3) is 0.714. The molecule has 2 unspecified atom stereocenters. The Kier molecular flexibility index (Phi) is 4.82. The molecule has 0 aromatic carbocycles. The van der Waals surface area contributed by atoms with Crippen molar-refractivity contribution in [2.75, 3.05) is 0 Å². The Labute approximate surface area is 113 Å². The Bertz CT molecular complexity index is 391. The first kappa shape index (κ1) is 15.4. The van der Waals surface area contributed by atoms with Gasteiger partial charge in [-0.3, -0.25) is 4.90 Å². The van der Waals surface area contributed by atoms with Crippen LogP contribution in [0.1, 0.15) is 46.5 Å². The molecule has 19 heavy (non-hydrogen) atoms. The predicted octanol–water partition coefficient (Wildman–Crippen LogP) is 2.25. The number of nitrogens with zero attached hydrogens (tertiary/aromatic N) is 1. The van der Waals surface area contributed by atoms with E-state index in [4.69, 9.17) is 11.2 Å². The Balaban J connectivity index is 2.83. The number of terminal acetylenes is 1. The third kappa shape index (κ3) is 4.16. The molecule has 0 bridgehead atoms. The van der Waals surface area contributed by atoms with Crippen LogP contribution in [0.15, 0.2) is 0 Å². The lowest BCUT2D eigenvalue weighted by atomic mass is 10.1. The summed E-state index contributed by atoms with van der Waals surface area (Å²) in [7, 11) is 0. The lowest BCUT2D eigenvalue weighted by Crippen LogP contribution is -2.47. The summed E-state index contributed by atoms with van der Waals surface area (Å²) >= 11 is 0. The zero-order valence-electron chi connectivity index (χ0n) is 11.7. The van der Waals surface area contributed by atoms with Crippen LogP contribution in [0.5, 0.6) is 0 Å². The first-order valence-corrected chi connectivity index (χ1v) is 6.44. The van der Waals surface area contributed by atoms with Gasteiger partial charge in [0.1, 0.15) is 11.6 Å². The fourth-order valence-corrected chi connectivity index (χ4v) is 2.25. The molecule has 106 valence electrons. The van der Waals surface area contributed by atoms with Crippen LogP contribution in [0.25, 0.3) is 0 Å². The second-order valence-electron chi connectivity index (χ2n) is 5.72. The van der Waals surface area contributed by atoms with Crippen molar-refractivity contribution in [2.24, 2.45) is 0 Å². The molecule has 1 heterocycles. The second-order valence-corrected chi connectivity index (χ2v) is 5.72. The average Bonchev–Trinajstić information content (AvgIpc) is 2.67. The van der Waals surface area contributed by atoms with E-state index in [1.165, 1.54) is 4.90 Å². The third-order valence-corrected chi connectivity index (χ3v) is 3.01. The number of carboxylic acid groups (broad SMARTS) is 1. The van der Waals surface area contributed by atoms with Gasteiger partial charge >= 0.3 is 12.1 Å². The number of ether oxygens (including phenoxy) is 1. The first-order chi connectivity index (χ1) is 8.76. The van der Waals surface area contributed by atoms with Gasteiger partial charge in [0.05, 0.1) is 0 Å². The van der Waals surface area contributed by atoms with Crippen molar-refractivity contribution in [1.29, 1.82) is 0 Å². The molecule has 1 aliphatic heterocycles. The molecule has 1 aliphatic rings. The molecule has 1 saturated heterocycles. The molecular weight excluding hydrogens is 246 g/mol. The van der Waals surface area contributed by atoms with Crippen molar-refractivity contribution >= 4 is 12.1 Å². The summed E-state index contributed by atoms with van der Waals surface area (Å²) in [6.45, 7) is 5.27. The summed E-state index contributed by atoms with van der Waals surface area (Å²) in [6, 6.07) is -0.954. The summed E-state index contributed by atoms with van der Waals surface area (Å²) in [5.41, 5.74) is -0.639. The second kappa shape index (κ2) is 5.96. The van der Waals surface area contributed by atoms with Gasteiger partial charge in [-0.1, -0.05) is 0 Å². The zero-order chi connectivity index (χ0) is 14.6. The molecule has 0 aromatic rings. The van der Waals surface area contributed by atoms with Gasteiger partial charge in [0.2, 0.25) is 0 Å². The van der Waals surface area contributed by atoms with Crippen LogP contribution < -0.4 is 0 Å². The number of carbonyl (C=O) groups is 2. The van der Waals surface area contributed by atoms with Crippen molar-refractivity contribution in [3.8, 4) is 12.3 Å². The Morgan fingerprint density at radius 2 is 2.05 bits per heavy atom. The van der Waals surface area contributed by atoms with Crippen LogP contribution in [0.3, 0.4) is 0 Å². The highest BCUT2D eigenvalue weighted by Gasteiger charge is 2.42. The number of carboxylic acids is 1. The Hall–Kier alpha value is -1.70. The molecule has 5 heteroatoms. The first-order valence-electron chi connectivity index (χ1n) is 6.44. The van der Waals surface area contributed by atoms with Gasteiger partial charge in [-0.05, 0) is 40.0 Å². The zero-order valence-corrected chi connectivity index (χ0v) is 11.7. The maximum atomic E-state index is 12.1. The van der Waals surface area contributed by atoms with E-state index in [2.05, 4.69) is 5.92 Å². The van der Waals surface area contributed by atoms with Gasteiger partial charge in [0, 0.05) is 12.5 Å². The van der Waals surface area contributed by atoms with E-state index >= 15 is 0 Å². The molecule has 1 rings (SSSR count). The third-order valence-electron chi connectivity index (χ3n) is 3.01. The molecule has 2 atom stereocenters. The molecule has 1 N–H and O–H groups in total. The smallest absolute Gasteiger partial charge is 0.411 e. The van der Waals surface area contributed by atoms with E-state index < -0.39 is 23.7 Å². The van der Waals surface area contributed by atoms with E-state index in [9.17, 15) is 14.7 Å². The quantitative estimate of drug-likeness (QED) is 0.796. The number of carbonyl (C=O) groups excluding carboxylic acids is 1. The van der Waals surface area contributed by atoms with Gasteiger partial charge in [-0.2, -0.15) is 0 Å². The minimum absolute atomic E-state index is 0.146. The predicted molar refractivity (Wildman–Crippen MR) is 70.6 cm³/mol. The standard InChI is InChI=1S/C14H21NO4/c1-5-6-7-10-8-9-11(12(16)17)15(10)13(18)19-14(2,3)4/h1,10-11H,6-9H2,2-4H3,(H,16,17). The normalized spacial score (nSPS) is 22.9. The van der Waals surface area contributed by atoms with Crippen LogP contribution in [0.2, 0.25) is 0 Å². The van der Waals surface area contributed by atoms with Gasteiger partial charge in [-0.25, -0.2) is 9.59 Å². The van der Waals surface area contributed by atoms with Gasteiger partial charge < -0.3 is 9.84 Å². The summed E-state index contributed by atoms with van der Waals surface area (Å²) in [5, 5.41) is 9.18. The van der Waals surface area contributed by atoms with E-state index in [0.29, 0.717) is 25.7 Å². The maximum absolute atomic E-state index is 12.1. The van der Waals surface area contributed by atoms with Crippen LogP contribution >= 0.6 is 0 Å². The van der Waals surface area contributed by atoms with Crippen LogP contribution in [0, 0.1) is 12.3 Å². The minimum Gasteiger partial charge on any atom is -0.480 e. The van der Waals surface area contributed by atoms with E-state index in [-0.39, 0.29) is 6.04 Å². The fourth-order valence-electron chi connectivity index (χ4n) is 2.25. The van der Waals surface area contributed by atoms with Crippen molar-refractivity contribution in [2.45, 2.75) is 64.1 Å². The monoisotopic (exact) mass is 267 g/mol. The lowest BCUT2D eigenvalue weighted by molar-refractivity contribution is -0.142. The summed E-state index contributed by atoms with van der Waals surface area (Å²) in [5.74, 6) is 1.53. The van der Waals surface area contributed by atoms with E-state index in [1.54, 1.807) is 20.8 Å². The van der Waals surface area contributed by atoms with Crippen LogP contribution in [0.4, 0.5) is 4.79 Å². The van der Waals surface area contributed by atoms with Gasteiger partial charge in [0.15, 0.2) is 0 Å². The van der Waals surface area contributed by atoms with Crippen molar-refractivity contribution < 1.29 is 19.4 Å². The SMILES string of the molecule is C#CCCC1CCC(C(=O)O)N1C(=O)OC(C)(C)C. The topological polar surface area (TPSA) is 66.8 Å². The van der Waals surface area contributed by atoms with Crippen LogP contribution in [-0.4, -0.2) is 39.8 Å². The lowest BCUT2D eigenvalue weighted by Gasteiger charge is -2.30. The number of hydrogen-bond donors (Lipinski definition) is 1. The van der Waals surface area contributed by atoms with Gasteiger partial charge in [-0.15, -0.1) is 12.3 Å². The average molecular weight is 267 g/mol. The molecule has 1 fully saturated rings. The van der Waals surface area contributed by atoms with Crippen molar-refractivity contribution in [3.63, 3.8) is 0 Å². The highest BCUT2D eigenvalue weighted by Crippen LogP contribution is 2.29. The number of rotatable bonds is 3. The summed E-state index contributed by atoms with van der Waals surface area (Å²) in [6.07, 6.45) is 6.89. The summed E-state index contributed by atoms with van der Waals surface area (Å²) < 4.78 is 5.28. The van der Waals surface area contributed by atoms with Crippen LogP contribution in [-0.2, 0) is 9.53 Å². The highest BCUT2D eigenvalue weighted by atomic mass is 16.6. The molecule has 0 spiro atoms. The number of likely N-dealkylation sites (tertiary alicyclic amines) is 1. The van der Waals surface area contributed by atoms with Crippen molar-refractivity contribution in [3.05, 3.63) is 0 Å². The molecule has 0 aliphatic carbocycles. The van der Waals surface area contributed by atoms with E-state index in [1.807, 2.05) is 0 Å². The molecule has 5 nitrogen and oxygen atoms in total. The highest BCUT2D eigenvalue weighted by molar-refractivity contribution is 5.81.